The number of aromatic nitrogens is 2. The number of carbonyl (C=O) groups excluding carboxylic acids is 1. The first-order valence-electron chi connectivity index (χ1n) is 8.19. The van der Waals surface area contributed by atoms with Crippen LogP contribution in [0.2, 0.25) is 5.02 Å². The smallest absolute Gasteiger partial charge is 0.264 e. The molecule has 0 radical (unpaired) electrons. The summed E-state index contributed by atoms with van der Waals surface area (Å²) in [6.07, 6.45) is 0. The van der Waals surface area contributed by atoms with Gasteiger partial charge in [0.2, 0.25) is 5.13 Å². The number of rotatable bonds is 5. The van der Waals surface area contributed by atoms with Crippen LogP contribution in [0, 0.1) is 0 Å². The minimum atomic E-state index is -0.301. The van der Waals surface area contributed by atoms with E-state index < -0.39 is 0 Å². The second-order valence-corrected chi connectivity index (χ2v) is 7.12. The molecule has 5 nitrogen and oxygen atoms in total. The number of ether oxygens (including phenoxy) is 1. The van der Waals surface area contributed by atoms with Crippen LogP contribution < -0.4 is 10.1 Å². The van der Waals surface area contributed by atoms with Crippen molar-refractivity contribution in [3.05, 3.63) is 71.8 Å². The number of hydrogen-bond acceptors (Lipinski definition) is 5. The number of nitrogens with zero attached hydrogens (tertiary/aromatic N) is 2. The van der Waals surface area contributed by atoms with Gasteiger partial charge < -0.3 is 4.74 Å². The number of carbonyl (C=O) groups is 1. The number of halogens is 1. The average molecular weight is 396 g/mol. The van der Waals surface area contributed by atoms with Crippen molar-refractivity contribution in [3.63, 3.8) is 0 Å². The Bertz CT molecular complexity index is 1110. The molecule has 134 valence electrons. The Balaban J connectivity index is 1.39. The van der Waals surface area contributed by atoms with E-state index in [2.05, 4.69) is 15.5 Å². The second kappa shape index (κ2) is 7.73. The Kier molecular flexibility index (Phi) is 5.00. The molecule has 27 heavy (non-hydrogen) atoms. The molecule has 3 aromatic carbocycles. The number of nitrogens with one attached hydrogen (secondary N) is 1. The highest BCUT2D eigenvalue weighted by atomic mass is 35.5. The van der Waals surface area contributed by atoms with E-state index in [4.69, 9.17) is 16.3 Å². The number of anilines is 1. The standard InChI is InChI=1S/C20H14ClN3O2S/c21-17-8-4-3-7-16(17)19-23-24-20(27-19)22-18(25)12-26-15-10-9-13-5-1-2-6-14(13)11-15/h1-11H,12H2,(H,22,24,25). The molecule has 0 aliphatic heterocycles. The van der Waals surface area contributed by atoms with Gasteiger partial charge in [0.1, 0.15) is 5.75 Å². The van der Waals surface area contributed by atoms with Crippen molar-refractivity contribution >= 4 is 44.7 Å². The first kappa shape index (κ1) is 17.5. The molecule has 7 heteroatoms. The molecular weight excluding hydrogens is 382 g/mol. The Labute approximate surface area is 164 Å². The van der Waals surface area contributed by atoms with Crippen LogP contribution in [0.15, 0.2) is 66.7 Å². The van der Waals surface area contributed by atoms with Gasteiger partial charge in [-0.15, -0.1) is 10.2 Å². The van der Waals surface area contributed by atoms with Crippen molar-refractivity contribution in [2.24, 2.45) is 0 Å². The van der Waals surface area contributed by atoms with E-state index in [1.54, 1.807) is 6.07 Å². The fraction of sp³-hybridized carbons (Fsp3) is 0.0500. The molecule has 1 amide bonds. The molecule has 0 fully saturated rings. The molecule has 0 spiro atoms. The second-order valence-electron chi connectivity index (χ2n) is 5.74. The molecule has 1 heterocycles. The lowest BCUT2D eigenvalue weighted by molar-refractivity contribution is -0.118. The van der Waals surface area contributed by atoms with Crippen molar-refractivity contribution in [2.75, 3.05) is 11.9 Å². The van der Waals surface area contributed by atoms with Crippen molar-refractivity contribution in [2.45, 2.75) is 0 Å². The number of fused-ring (bicyclic) bond motifs is 1. The highest BCUT2D eigenvalue weighted by Gasteiger charge is 2.12. The molecule has 0 atom stereocenters. The molecule has 1 aromatic heterocycles. The minimum absolute atomic E-state index is 0.112. The molecule has 0 saturated carbocycles. The van der Waals surface area contributed by atoms with E-state index in [9.17, 15) is 4.79 Å². The SMILES string of the molecule is O=C(COc1ccc2ccccc2c1)Nc1nnc(-c2ccccc2Cl)s1. The Morgan fingerprint density at radius 2 is 1.78 bits per heavy atom. The van der Waals surface area contributed by atoms with E-state index in [0.717, 1.165) is 16.3 Å². The quantitative estimate of drug-likeness (QED) is 0.514. The molecule has 0 aliphatic rings. The fourth-order valence-corrected chi connectivity index (χ4v) is 3.66. The maximum atomic E-state index is 12.1. The van der Waals surface area contributed by atoms with E-state index in [1.165, 1.54) is 11.3 Å². The summed E-state index contributed by atoms with van der Waals surface area (Å²) < 4.78 is 5.58. The fourth-order valence-electron chi connectivity index (χ4n) is 2.58. The first-order valence-corrected chi connectivity index (χ1v) is 9.38. The lowest BCUT2D eigenvalue weighted by atomic mass is 10.1. The van der Waals surface area contributed by atoms with Crippen LogP contribution in [0.1, 0.15) is 0 Å². The largest absolute Gasteiger partial charge is 0.484 e. The van der Waals surface area contributed by atoms with Crippen molar-refractivity contribution < 1.29 is 9.53 Å². The Morgan fingerprint density at radius 3 is 2.63 bits per heavy atom. The molecule has 4 rings (SSSR count). The normalized spacial score (nSPS) is 10.7. The van der Waals surface area contributed by atoms with Crippen LogP contribution in [0.4, 0.5) is 5.13 Å². The predicted octanol–water partition coefficient (Wildman–Crippen LogP) is 5.03. The predicted molar refractivity (Wildman–Crippen MR) is 108 cm³/mol. The summed E-state index contributed by atoms with van der Waals surface area (Å²) >= 11 is 7.42. The van der Waals surface area contributed by atoms with Gasteiger partial charge in [-0.05, 0) is 29.0 Å². The van der Waals surface area contributed by atoms with Crippen LogP contribution in [-0.2, 0) is 4.79 Å². The Morgan fingerprint density at radius 1 is 1.00 bits per heavy atom. The zero-order chi connectivity index (χ0) is 18.6. The van der Waals surface area contributed by atoms with Crippen LogP contribution >= 0.6 is 22.9 Å². The van der Waals surface area contributed by atoms with Gasteiger partial charge in [-0.1, -0.05) is 71.5 Å². The lowest BCUT2D eigenvalue weighted by Gasteiger charge is -2.06. The topological polar surface area (TPSA) is 64.1 Å². The van der Waals surface area contributed by atoms with Gasteiger partial charge in [0, 0.05) is 5.56 Å². The van der Waals surface area contributed by atoms with Crippen molar-refractivity contribution in [1.29, 1.82) is 0 Å². The number of amides is 1. The lowest BCUT2D eigenvalue weighted by Crippen LogP contribution is -2.20. The minimum Gasteiger partial charge on any atom is -0.484 e. The summed E-state index contributed by atoms with van der Waals surface area (Å²) in [5.41, 5.74) is 0.782. The van der Waals surface area contributed by atoms with Crippen LogP contribution in [0.5, 0.6) is 5.75 Å². The summed E-state index contributed by atoms with van der Waals surface area (Å²) in [4.78, 5) is 12.1. The van der Waals surface area contributed by atoms with E-state index >= 15 is 0 Å². The van der Waals surface area contributed by atoms with Crippen LogP contribution in [0.25, 0.3) is 21.3 Å². The van der Waals surface area contributed by atoms with Gasteiger partial charge in [-0.25, -0.2) is 0 Å². The van der Waals surface area contributed by atoms with Crippen LogP contribution in [-0.4, -0.2) is 22.7 Å². The number of benzene rings is 3. The molecule has 4 aromatic rings. The molecule has 1 N–H and O–H groups in total. The monoisotopic (exact) mass is 395 g/mol. The molecular formula is C20H14ClN3O2S. The number of hydrogen-bond donors (Lipinski definition) is 1. The third-order valence-corrected chi connectivity index (χ3v) is 5.07. The van der Waals surface area contributed by atoms with Gasteiger partial charge in [0.15, 0.2) is 11.6 Å². The Hall–Kier alpha value is -2.96. The molecule has 0 unspecified atom stereocenters. The van der Waals surface area contributed by atoms with Gasteiger partial charge in [-0.2, -0.15) is 0 Å². The van der Waals surface area contributed by atoms with Crippen LogP contribution in [0.3, 0.4) is 0 Å². The third kappa shape index (κ3) is 4.07. The molecule has 0 saturated heterocycles. The highest BCUT2D eigenvalue weighted by molar-refractivity contribution is 7.18. The summed E-state index contributed by atoms with van der Waals surface area (Å²) in [6.45, 7) is -0.112. The molecule has 0 bridgehead atoms. The highest BCUT2D eigenvalue weighted by Crippen LogP contribution is 2.31. The van der Waals surface area contributed by atoms with Crippen molar-refractivity contribution in [1.82, 2.24) is 10.2 Å². The van der Waals surface area contributed by atoms with E-state index in [1.807, 2.05) is 60.7 Å². The molecule has 0 aliphatic carbocycles. The maximum Gasteiger partial charge on any atom is 0.264 e. The first-order chi connectivity index (χ1) is 13.2. The maximum absolute atomic E-state index is 12.1. The van der Waals surface area contributed by atoms with E-state index in [0.29, 0.717) is 20.9 Å². The van der Waals surface area contributed by atoms with Gasteiger partial charge in [0.05, 0.1) is 5.02 Å². The van der Waals surface area contributed by atoms with Gasteiger partial charge in [-0.3, -0.25) is 10.1 Å². The van der Waals surface area contributed by atoms with Crippen molar-refractivity contribution in [3.8, 4) is 16.3 Å². The van der Waals surface area contributed by atoms with E-state index in [-0.39, 0.29) is 12.5 Å². The summed E-state index contributed by atoms with van der Waals surface area (Å²) in [7, 11) is 0. The summed E-state index contributed by atoms with van der Waals surface area (Å²) in [5.74, 6) is 0.336. The summed E-state index contributed by atoms with van der Waals surface area (Å²) in [5, 5.41) is 14.6. The zero-order valence-electron chi connectivity index (χ0n) is 14.1. The average Bonchev–Trinajstić information content (AvgIpc) is 3.14. The third-order valence-electron chi connectivity index (χ3n) is 3.87. The zero-order valence-corrected chi connectivity index (χ0v) is 15.6. The van der Waals surface area contributed by atoms with Gasteiger partial charge >= 0.3 is 0 Å². The summed E-state index contributed by atoms with van der Waals surface area (Å²) in [6, 6.07) is 21.0. The van der Waals surface area contributed by atoms with Gasteiger partial charge in [0.25, 0.3) is 5.91 Å².